The highest BCUT2D eigenvalue weighted by Gasteiger charge is 2.52. The Labute approximate surface area is 135 Å². The summed E-state index contributed by atoms with van der Waals surface area (Å²) in [6, 6.07) is 0. The van der Waals surface area contributed by atoms with E-state index in [0.29, 0.717) is 21.1 Å². The molecule has 0 saturated carbocycles. The van der Waals surface area contributed by atoms with Crippen LogP contribution in [-0.2, 0) is 9.31 Å². The van der Waals surface area contributed by atoms with Gasteiger partial charge in [-0.25, -0.2) is 0 Å². The molecule has 0 radical (unpaired) electrons. The fourth-order valence-corrected chi connectivity index (χ4v) is 2.40. The number of rotatable bonds is 3. The van der Waals surface area contributed by atoms with E-state index in [4.69, 9.17) is 32.5 Å². The molecule has 21 heavy (non-hydrogen) atoms. The highest BCUT2D eigenvalue weighted by atomic mass is 35.5. The Kier molecular flexibility index (Phi) is 4.71. The second-order valence-corrected chi connectivity index (χ2v) is 6.80. The normalized spacial score (nSPS) is 20.9. The molecule has 1 saturated heterocycles. The third kappa shape index (κ3) is 3.27. The van der Waals surface area contributed by atoms with E-state index in [2.05, 4.69) is 4.98 Å². The van der Waals surface area contributed by atoms with Gasteiger partial charge in [0.2, 0.25) is 0 Å². The second kappa shape index (κ2) is 5.90. The molecule has 4 nitrogen and oxygen atoms in total. The molecular weight excluding hydrogens is 312 g/mol. The fourth-order valence-electron chi connectivity index (χ4n) is 1.93. The van der Waals surface area contributed by atoms with Crippen LogP contribution < -0.4 is 0 Å². The lowest BCUT2D eigenvalue weighted by atomic mass is 9.77. The van der Waals surface area contributed by atoms with Gasteiger partial charge in [-0.05, 0) is 33.2 Å². The van der Waals surface area contributed by atoms with Crippen LogP contribution in [0.15, 0.2) is 17.9 Å². The Morgan fingerprint density at radius 1 is 1.19 bits per heavy atom. The molecule has 2 rings (SSSR count). The third-order valence-corrected chi connectivity index (χ3v) is 4.56. The van der Waals surface area contributed by atoms with Gasteiger partial charge in [0.05, 0.1) is 27.9 Å². The van der Waals surface area contributed by atoms with E-state index in [-0.39, 0.29) is 6.61 Å². The topological polar surface area (TPSA) is 51.6 Å². The van der Waals surface area contributed by atoms with Gasteiger partial charge in [-0.2, -0.15) is 0 Å². The van der Waals surface area contributed by atoms with E-state index in [9.17, 15) is 5.11 Å². The van der Waals surface area contributed by atoms with E-state index in [1.807, 2.05) is 27.7 Å². The molecule has 7 heteroatoms. The van der Waals surface area contributed by atoms with Gasteiger partial charge in [0, 0.05) is 18.0 Å². The predicted octanol–water partition coefficient (Wildman–Crippen LogP) is 3.40. The van der Waals surface area contributed by atoms with Crippen LogP contribution >= 0.6 is 23.2 Å². The minimum atomic E-state index is -0.639. The van der Waals surface area contributed by atoms with Crippen LogP contribution in [-0.4, -0.2) is 35.0 Å². The van der Waals surface area contributed by atoms with Crippen LogP contribution in [0.1, 0.15) is 33.3 Å². The number of hydrogen-bond donors (Lipinski definition) is 1. The maximum absolute atomic E-state index is 9.64. The molecule has 0 unspecified atom stereocenters. The molecule has 0 amide bonds. The quantitative estimate of drug-likeness (QED) is 0.863. The second-order valence-electron chi connectivity index (χ2n) is 5.98. The molecule has 0 spiro atoms. The SMILES string of the molecule is CC1(C)OB(C(=Cc2c(Cl)cncc2Cl)CO)OC1(C)C. The summed E-state index contributed by atoms with van der Waals surface area (Å²) < 4.78 is 11.8. The monoisotopic (exact) mass is 329 g/mol. The van der Waals surface area contributed by atoms with Crippen molar-refractivity contribution >= 4 is 36.4 Å². The minimum absolute atomic E-state index is 0.216. The first kappa shape index (κ1) is 16.8. The predicted molar refractivity (Wildman–Crippen MR) is 85.4 cm³/mol. The fraction of sp³-hybridized carbons (Fsp3) is 0.500. The Bertz CT molecular complexity index is 539. The van der Waals surface area contributed by atoms with Gasteiger partial charge in [-0.15, -0.1) is 0 Å². The first-order chi connectivity index (χ1) is 9.68. The van der Waals surface area contributed by atoms with Crippen LogP contribution in [0.2, 0.25) is 10.0 Å². The Hall–Kier alpha value is -0.585. The average Bonchev–Trinajstić information content (AvgIpc) is 2.58. The van der Waals surface area contributed by atoms with Crippen molar-refractivity contribution in [3.05, 3.63) is 33.5 Å². The maximum Gasteiger partial charge on any atom is 0.492 e. The smallest absolute Gasteiger partial charge is 0.400 e. The van der Waals surface area contributed by atoms with Gasteiger partial charge >= 0.3 is 7.12 Å². The summed E-state index contributed by atoms with van der Waals surface area (Å²) in [4.78, 5) is 3.90. The van der Waals surface area contributed by atoms with E-state index in [1.54, 1.807) is 6.08 Å². The molecule has 1 aromatic heterocycles. The molecule has 114 valence electrons. The summed E-state index contributed by atoms with van der Waals surface area (Å²) in [5, 5.41) is 10.5. The summed E-state index contributed by atoms with van der Waals surface area (Å²) in [7, 11) is -0.639. The molecule has 1 fully saturated rings. The van der Waals surface area contributed by atoms with Gasteiger partial charge in [-0.1, -0.05) is 29.3 Å². The highest BCUT2D eigenvalue weighted by Crippen LogP contribution is 2.39. The van der Waals surface area contributed by atoms with Crippen molar-refractivity contribution in [2.75, 3.05) is 6.61 Å². The van der Waals surface area contributed by atoms with Crippen LogP contribution in [0.5, 0.6) is 0 Å². The number of aliphatic hydroxyl groups excluding tert-OH is 1. The van der Waals surface area contributed by atoms with Gasteiger partial charge in [0.15, 0.2) is 0 Å². The van der Waals surface area contributed by atoms with Crippen molar-refractivity contribution in [2.45, 2.75) is 38.9 Å². The summed E-state index contributed by atoms with van der Waals surface area (Å²) >= 11 is 12.2. The molecule has 0 bridgehead atoms. The zero-order valence-corrected chi connectivity index (χ0v) is 14.0. The summed E-state index contributed by atoms with van der Waals surface area (Å²) in [6.45, 7) is 7.59. The molecule has 2 heterocycles. The molecule has 1 aromatic rings. The summed E-state index contributed by atoms with van der Waals surface area (Å²) in [5.41, 5.74) is 0.200. The third-order valence-electron chi connectivity index (χ3n) is 3.96. The molecule has 1 N–H and O–H groups in total. The number of pyridine rings is 1. The number of aromatic nitrogens is 1. The number of hydrogen-bond acceptors (Lipinski definition) is 4. The lowest BCUT2D eigenvalue weighted by molar-refractivity contribution is 0.00578. The molecule has 0 aliphatic carbocycles. The van der Waals surface area contributed by atoms with Crippen molar-refractivity contribution in [3.8, 4) is 0 Å². The first-order valence-electron chi connectivity index (χ1n) is 6.64. The van der Waals surface area contributed by atoms with Crippen molar-refractivity contribution in [1.29, 1.82) is 0 Å². The lowest BCUT2D eigenvalue weighted by Crippen LogP contribution is -2.41. The van der Waals surface area contributed by atoms with E-state index < -0.39 is 18.3 Å². The number of nitrogens with zero attached hydrogens (tertiary/aromatic N) is 1. The highest BCUT2D eigenvalue weighted by molar-refractivity contribution is 6.56. The number of halogens is 2. The van der Waals surface area contributed by atoms with Gasteiger partial charge in [0.1, 0.15) is 0 Å². The molecule has 1 aliphatic rings. The molecule has 1 aliphatic heterocycles. The van der Waals surface area contributed by atoms with Gasteiger partial charge < -0.3 is 14.4 Å². The zero-order chi connectivity index (χ0) is 15.8. The Morgan fingerprint density at radius 2 is 1.67 bits per heavy atom. The van der Waals surface area contributed by atoms with Crippen LogP contribution in [0.4, 0.5) is 0 Å². The molecular formula is C14H18BCl2NO3. The van der Waals surface area contributed by atoms with Crippen LogP contribution in [0.3, 0.4) is 0 Å². The van der Waals surface area contributed by atoms with Gasteiger partial charge in [0.25, 0.3) is 0 Å². The van der Waals surface area contributed by atoms with Gasteiger partial charge in [-0.3, -0.25) is 4.98 Å². The average molecular weight is 330 g/mol. The van der Waals surface area contributed by atoms with Crippen molar-refractivity contribution in [1.82, 2.24) is 4.98 Å². The van der Waals surface area contributed by atoms with E-state index in [0.717, 1.165) is 0 Å². The van der Waals surface area contributed by atoms with Crippen LogP contribution in [0, 0.1) is 0 Å². The van der Waals surface area contributed by atoms with Crippen molar-refractivity contribution in [2.24, 2.45) is 0 Å². The summed E-state index contributed by atoms with van der Waals surface area (Å²) in [5.74, 6) is 0. The summed E-state index contributed by atoms with van der Waals surface area (Å²) in [6.07, 6.45) is 4.69. The standard InChI is InChI=1S/C14H18BCl2NO3/c1-13(2)14(3,4)21-15(20-13)9(8-19)5-10-11(16)6-18-7-12(10)17/h5-7,19H,8H2,1-4H3. The van der Waals surface area contributed by atoms with Crippen molar-refractivity contribution < 1.29 is 14.4 Å². The van der Waals surface area contributed by atoms with Crippen molar-refractivity contribution in [3.63, 3.8) is 0 Å². The largest absolute Gasteiger partial charge is 0.492 e. The first-order valence-corrected chi connectivity index (χ1v) is 7.39. The minimum Gasteiger partial charge on any atom is -0.400 e. The Morgan fingerprint density at radius 3 is 2.10 bits per heavy atom. The van der Waals surface area contributed by atoms with E-state index in [1.165, 1.54) is 12.4 Å². The van der Waals surface area contributed by atoms with E-state index >= 15 is 0 Å². The molecule has 0 atom stereocenters. The Balaban J connectivity index is 2.36. The zero-order valence-electron chi connectivity index (χ0n) is 12.5. The number of aliphatic hydroxyl groups is 1. The van der Waals surface area contributed by atoms with Crippen LogP contribution in [0.25, 0.3) is 6.08 Å². The lowest BCUT2D eigenvalue weighted by Gasteiger charge is -2.32. The maximum atomic E-state index is 9.64. The molecule has 0 aromatic carbocycles.